The molecule has 2 N–H and O–H groups in total. The van der Waals surface area contributed by atoms with Crippen LogP contribution in [0.25, 0.3) is 0 Å². The lowest BCUT2D eigenvalue weighted by molar-refractivity contribution is 0.208. The highest BCUT2D eigenvalue weighted by molar-refractivity contribution is 5.88. The topological polar surface area (TPSA) is 81.6 Å². The van der Waals surface area contributed by atoms with Crippen LogP contribution in [0.1, 0.15) is 5.56 Å². The van der Waals surface area contributed by atoms with Crippen LogP contribution in [-0.2, 0) is 0 Å². The van der Waals surface area contributed by atoms with Crippen molar-refractivity contribution in [1.29, 1.82) is 0 Å². The van der Waals surface area contributed by atoms with Gasteiger partial charge in [-0.1, -0.05) is 0 Å². The Balaban J connectivity index is 1.56. The Morgan fingerprint density at radius 3 is 2.61 bits per heavy atom. The maximum Gasteiger partial charge on any atom is 0.323 e. The van der Waals surface area contributed by atoms with Crippen molar-refractivity contribution in [2.75, 3.05) is 36.4 Å². The second kappa shape index (κ2) is 6.51. The first-order valence-corrected chi connectivity index (χ1v) is 7.50. The van der Waals surface area contributed by atoms with Crippen molar-refractivity contribution in [1.82, 2.24) is 14.9 Å². The Kier molecular flexibility index (Phi) is 4.27. The smallest absolute Gasteiger partial charge is 0.323 e. The number of pyridine rings is 2. The Labute approximate surface area is 134 Å². The molecule has 2 aromatic heterocycles. The molecule has 1 fully saturated rings. The van der Waals surface area contributed by atoms with Crippen LogP contribution in [0, 0.1) is 6.92 Å². The molecule has 7 heteroatoms. The summed E-state index contributed by atoms with van der Waals surface area (Å²) >= 11 is 0. The van der Waals surface area contributed by atoms with Gasteiger partial charge in [0.2, 0.25) is 0 Å². The quantitative estimate of drug-likeness (QED) is 0.884. The molecule has 0 aliphatic carbocycles. The molecule has 7 nitrogen and oxygen atoms in total. The van der Waals surface area contributed by atoms with E-state index in [9.17, 15) is 9.90 Å². The first-order valence-electron chi connectivity index (χ1n) is 7.50. The number of amides is 2. The number of piperazine rings is 1. The molecule has 0 unspecified atom stereocenters. The molecular formula is C16H19N5O2. The van der Waals surface area contributed by atoms with Gasteiger partial charge in [0.05, 0.1) is 6.20 Å². The minimum Gasteiger partial charge on any atom is -0.506 e. The fourth-order valence-corrected chi connectivity index (χ4v) is 2.48. The van der Waals surface area contributed by atoms with Crippen LogP contribution in [0.3, 0.4) is 0 Å². The highest BCUT2D eigenvalue weighted by Gasteiger charge is 2.22. The number of anilines is 2. The summed E-state index contributed by atoms with van der Waals surface area (Å²) in [7, 11) is 0. The minimum absolute atomic E-state index is 0.0715. The highest BCUT2D eigenvalue weighted by Crippen LogP contribution is 2.16. The molecule has 0 bridgehead atoms. The van der Waals surface area contributed by atoms with Gasteiger partial charge in [0.1, 0.15) is 17.4 Å². The number of rotatable bonds is 2. The molecule has 23 heavy (non-hydrogen) atoms. The van der Waals surface area contributed by atoms with Gasteiger partial charge in [-0.15, -0.1) is 0 Å². The molecule has 3 rings (SSSR count). The number of aryl methyl sites for hydroxylation is 1. The zero-order valence-electron chi connectivity index (χ0n) is 12.9. The summed E-state index contributed by atoms with van der Waals surface area (Å²) in [4.78, 5) is 24.5. The second-order valence-corrected chi connectivity index (χ2v) is 5.50. The van der Waals surface area contributed by atoms with Crippen LogP contribution in [-0.4, -0.2) is 52.2 Å². The van der Waals surface area contributed by atoms with E-state index in [0.29, 0.717) is 18.9 Å². The van der Waals surface area contributed by atoms with Gasteiger partial charge < -0.3 is 14.9 Å². The van der Waals surface area contributed by atoms with Gasteiger partial charge in [-0.05, 0) is 36.8 Å². The number of carbonyl (C=O) groups excluding carboxylic acids is 1. The summed E-state index contributed by atoms with van der Waals surface area (Å²) in [5.41, 5.74) is 1.17. The lowest BCUT2D eigenvalue weighted by atomic mass is 10.2. The molecule has 1 aliphatic rings. The van der Waals surface area contributed by atoms with Crippen LogP contribution >= 0.6 is 0 Å². The predicted molar refractivity (Wildman–Crippen MR) is 87.7 cm³/mol. The van der Waals surface area contributed by atoms with Crippen molar-refractivity contribution in [3.8, 4) is 5.75 Å². The average molecular weight is 313 g/mol. The predicted octanol–water partition coefficient (Wildman–Crippen LogP) is 1.84. The number of aromatic nitrogens is 2. The third-order valence-corrected chi connectivity index (χ3v) is 3.77. The van der Waals surface area contributed by atoms with Gasteiger partial charge in [-0.2, -0.15) is 0 Å². The van der Waals surface area contributed by atoms with E-state index in [4.69, 9.17) is 0 Å². The van der Waals surface area contributed by atoms with E-state index in [1.807, 2.05) is 13.0 Å². The van der Waals surface area contributed by atoms with Crippen molar-refractivity contribution in [3.63, 3.8) is 0 Å². The van der Waals surface area contributed by atoms with E-state index in [1.165, 1.54) is 17.8 Å². The molecule has 0 spiro atoms. The van der Waals surface area contributed by atoms with Gasteiger partial charge in [0.25, 0.3) is 0 Å². The molecule has 2 aromatic rings. The van der Waals surface area contributed by atoms with E-state index in [1.54, 1.807) is 17.2 Å². The average Bonchev–Trinajstić information content (AvgIpc) is 2.57. The van der Waals surface area contributed by atoms with Gasteiger partial charge in [0.15, 0.2) is 0 Å². The van der Waals surface area contributed by atoms with Crippen molar-refractivity contribution in [3.05, 3.63) is 42.2 Å². The number of hydrogen-bond acceptors (Lipinski definition) is 5. The Morgan fingerprint density at radius 2 is 1.96 bits per heavy atom. The van der Waals surface area contributed by atoms with Crippen LogP contribution in [0.15, 0.2) is 36.7 Å². The zero-order chi connectivity index (χ0) is 16.2. The zero-order valence-corrected chi connectivity index (χ0v) is 12.9. The number of nitrogens with zero attached hydrogens (tertiary/aromatic N) is 4. The van der Waals surface area contributed by atoms with Crippen LogP contribution in [0.2, 0.25) is 0 Å². The number of carbonyl (C=O) groups is 1. The summed E-state index contributed by atoms with van der Waals surface area (Å²) in [6, 6.07) is 6.90. The number of urea groups is 1. The Hall–Kier alpha value is -2.83. The lowest BCUT2D eigenvalue weighted by Crippen LogP contribution is -2.50. The molecule has 0 radical (unpaired) electrons. The largest absolute Gasteiger partial charge is 0.506 e. The van der Waals surface area contributed by atoms with Crippen molar-refractivity contribution >= 4 is 17.7 Å². The summed E-state index contributed by atoms with van der Waals surface area (Å²) in [5.74, 6) is 1.45. The highest BCUT2D eigenvalue weighted by atomic mass is 16.3. The van der Waals surface area contributed by atoms with E-state index < -0.39 is 0 Å². The fraction of sp³-hybridized carbons (Fsp3) is 0.312. The number of aromatic hydroxyl groups is 1. The van der Waals surface area contributed by atoms with Crippen molar-refractivity contribution in [2.45, 2.75) is 6.92 Å². The van der Waals surface area contributed by atoms with E-state index in [-0.39, 0.29) is 11.8 Å². The van der Waals surface area contributed by atoms with Gasteiger partial charge >= 0.3 is 6.03 Å². The molecule has 1 aliphatic heterocycles. The van der Waals surface area contributed by atoms with Crippen molar-refractivity contribution in [2.24, 2.45) is 0 Å². The maximum atomic E-state index is 12.2. The molecule has 0 atom stereocenters. The standard InChI is InChI=1S/C16H19N5O2/c1-12-4-5-17-15(10-12)20-6-8-21(9-7-20)16(23)19-14-3-2-13(22)11-18-14/h2-5,10-11,22H,6-9H2,1H3,(H,18,19,23). The minimum atomic E-state index is -0.181. The van der Waals surface area contributed by atoms with E-state index in [0.717, 1.165) is 18.9 Å². The van der Waals surface area contributed by atoms with Gasteiger partial charge in [0, 0.05) is 32.4 Å². The fourth-order valence-electron chi connectivity index (χ4n) is 2.48. The first-order chi connectivity index (χ1) is 11.1. The van der Waals surface area contributed by atoms with Crippen LogP contribution in [0.5, 0.6) is 5.75 Å². The SMILES string of the molecule is Cc1ccnc(N2CCN(C(=O)Nc3ccc(O)cn3)CC2)c1. The molecule has 2 amide bonds. The van der Waals surface area contributed by atoms with E-state index in [2.05, 4.69) is 26.3 Å². The third kappa shape index (κ3) is 3.68. The van der Waals surface area contributed by atoms with Gasteiger partial charge in [-0.3, -0.25) is 5.32 Å². The molecular weight excluding hydrogens is 294 g/mol. The van der Waals surface area contributed by atoms with Gasteiger partial charge in [-0.25, -0.2) is 14.8 Å². The van der Waals surface area contributed by atoms with Crippen molar-refractivity contribution < 1.29 is 9.90 Å². The van der Waals surface area contributed by atoms with E-state index >= 15 is 0 Å². The lowest BCUT2D eigenvalue weighted by Gasteiger charge is -2.35. The first kappa shape index (κ1) is 15.1. The van der Waals surface area contributed by atoms with Crippen LogP contribution < -0.4 is 10.2 Å². The summed E-state index contributed by atoms with van der Waals surface area (Å²) in [6.07, 6.45) is 3.11. The monoisotopic (exact) mass is 313 g/mol. The third-order valence-electron chi connectivity index (χ3n) is 3.77. The maximum absolute atomic E-state index is 12.2. The molecule has 1 saturated heterocycles. The second-order valence-electron chi connectivity index (χ2n) is 5.50. The Bertz CT molecular complexity index is 681. The molecule has 0 aromatic carbocycles. The Morgan fingerprint density at radius 1 is 1.17 bits per heavy atom. The molecule has 0 saturated carbocycles. The summed E-state index contributed by atoms with van der Waals surface area (Å²) in [6.45, 7) is 4.78. The number of hydrogen-bond donors (Lipinski definition) is 2. The molecule has 120 valence electrons. The number of nitrogens with one attached hydrogen (secondary N) is 1. The molecule has 3 heterocycles. The van der Waals surface area contributed by atoms with Crippen LogP contribution in [0.4, 0.5) is 16.4 Å². The summed E-state index contributed by atoms with van der Waals surface area (Å²) in [5, 5.41) is 11.9. The summed E-state index contributed by atoms with van der Waals surface area (Å²) < 4.78 is 0. The normalized spacial score (nSPS) is 14.7.